The van der Waals surface area contributed by atoms with Gasteiger partial charge in [0.25, 0.3) is 0 Å². The molecule has 1 fully saturated rings. The normalized spacial score (nSPS) is 18.7. The van der Waals surface area contributed by atoms with Gasteiger partial charge in [0.2, 0.25) is 0 Å². The molecule has 1 saturated heterocycles. The summed E-state index contributed by atoms with van der Waals surface area (Å²) in [5.74, 6) is 1.05. The van der Waals surface area contributed by atoms with Crippen LogP contribution in [-0.4, -0.2) is 48.6 Å². The first kappa shape index (κ1) is 16.2. The molecule has 4 nitrogen and oxygen atoms in total. The van der Waals surface area contributed by atoms with E-state index in [0.717, 1.165) is 25.5 Å². The minimum atomic E-state index is 0.476. The van der Waals surface area contributed by atoms with E-state index in [1.165, 1.54) is 24.9 Å². The predicted molar refractivity (Wildman–Crippen MR) is 89.8 cm³/mol. The minimum Gasteiger partial charge on any atom is -0.357 e. The Hall–Kier alpha value is -1.13. The van der Waals surface area contributed by atoms with Crippen molar-refractivity contribution in [1.82, 2.24) is 15.2 Å². The standard InChI is InChI=1S/C17H30N4/c1-5-10-21(16-8-9-18-12-16)13-15-6-7-17(19-11-15)20(4)14(2)3/h6-7,11,14,16,18H,5,8-10,12-13H2,1-4H3. The van der Waals surface area contributed by atoms with Crippen LogP contribution in [0.15, 0.2) is 18.3 Å². The van der Waals surface area contributed by atoms with E-state index in [1.807, 2.05) is 6.20 Å². The highest BCUT2D eigenvalue weighted by molar-refractivity contribution is 5.39. The van der Waals surface area contributed by atoms with Crippen molar-refractivity contribution in [3.05, 3.63) is 23.9 Å². The van der Waals surface area contributed by atoms with E-state index in [2.05, 4.69) is 60.1 Å². The fourth-order valence-electron chi connectivity index (χ4n) is 2.85. The second-order valence-corrected chi connectivity index (χ2v) is 6.35. The number of nitrogens with zero attached hydrogens (tertiary/aromatic N) is 3. The van der Waals surface area contributed by atoms with Crippen LogP contribution in [0.2, 0.25) is 0 Å². The Balaban J connectivity index is 2.00. The Kier molecular flexibility index (Phi) is 6.00. The third kappa shape index (κ3) is 4.42. The van der Waals surface area contributed by atoms with Gasteiger partial charge < -0.3 is 10.2 Å². The van der Waals surface area contributed by atoms with Crippen LogP contribution in [-0.2, 0) is 6.54 Å². The lowest BCUT2D eigenvalue weighted by atomic mass is 10.1. The number of rotatable bonds is 7. The van der Waals surface area contributed by atoms with Crippen molar-refractivity contribution in [3.63, 3.8) is 0 Å². The number of hydrogen-bond donors (Lipinski definition) is 1. The molecule has 1 N–H and O–H groups in total. The van der Waals surface area contributed by atoms with E-state index in [9.17, 15) is 0 Å². The Morgan fingerprint density at radius 1 is 1.38 bits per heavy atom. The second kappa shape index (κ2) is 7.76. The van der Waals surface area contributed by atoms with E-state index in [1.54, 1.807) is 0 Å². The number of pyridine rings is 1. The Morgan fingerprint density at radius 3 is 2.71 bits per heavy atom. The smallest absolute Gasteiger partial charge is 0.128 e. The molecule has 0 bridgehead atoms. The maximum absolute atomic E-state index is 4.62. The molecule has 0 spiro atoms. The van der Waals surface area contributed by atoms with Gasteiger partial charge in [-0.15, -0.1) is 0 Å². The zero-order valence-electron chi connectivity index (χ0n) is 14.0. The largest absolute Gasteiger partial charge is 0.357 e. The van der Waals surface area contributed by atoms with Crippen molar-refractivity contribution < 1.29 is 0 Å². The van der Waals surface area contributed by atoms with E-state index in [-0.39, 0.29) is 0 Å². The molecule has 1 atom stereocenters. The summed E-state index contributed by atoms with van der Waals surface area (Å²) in [7, 11) is 2.10. The van der Waals surface area contributed by atoms with Crippen molar-refractivity contribution in [3.8, 4) is 0 Å². The van der Waals surface area contributed by atoms with Crippen LogP contribution in [0.25, 0.3) is 0 Å². The van der Waals surface area contributed by atoms with Gasteiger partial charge in [-0.05, 0) is 51.4 Å². The molecule has 1 aromatic rings. The van der Waals surface area contributed by atoms with Gasteiger partial charge in [-0.1, -0.05) is 13.0 Å². The lowest BCUT2D eigenvalue weighted by molar-refractivity contribution is 0.199. The van der Waals surface area contributed by atoms with Crippen molar-refractivity contribution in [1.29, 1.82) is 0 Å². The summed E-state index contributed by atoms with van der Waals surface area (Å²) in [4.78, 5) is 9.43. The average Bonchev–Trinajstić information content (AvgIpc) is 3.01. The van der Waals surface area contributed by atoms with Crippen LogP contribution in [0.3, 0.4) is 0 Å². The fraction of sp³-hybridized carbons (Fsp3) is 0.706. The first-order valence-corrected chi connectivity index (χ1v) is 8.24. The maximum atomic E-state index is 4.62. The summed E-state index contributed by atoms with van der Waals surface area (Å²) >= 11 is 0. The Labute approximate surface area is 129 Å². The summed E-state index contributed by atoms with van der Waals surface area (Å²) in [6, 6.07) is 5.53. The fourth-order valence-corrected chi connectivity index (χ4v) is 2.85. The molecule has 0 radical (unpaired) electrons. The van der Waals surface area contributed by atoms with E-state index >= 15 is 0 Å². The van der Waals surface area contributed by atoms with Crippen molar-refractivity contribution in [2.45, 2.75) is 52.2 Å². The summed E-state index contributed by atoms with van der Waals surface area (Å²) in [5.41, 5.74) is 1.32. The van der Waals surface area contributed by atoms with Gasteiger partial charge in [0.05, 0.1) is 0 Å². The SMILES string of the molecule is CCCN(Cc1ccc(N(C)C(C)C)nc1)C1CCNC1. The van der Waals surface area contributed by atoms with Crippen molar-refractivity contribution in [2.24, 2.45) is 0 Å². The lowest BCUT2D eigenvalue weighted by Crippen LogP contribution is -2.37. The van der Waals surface area contributed by atoms with Gasteiger partial charge >= 0.3 is 0 Å². The molecule has 2 rings (SSSR count). The number of hydrogen-bond acceptors (Lipinski definition) is 4. The molecule has 0 aliphatic carbocycles. The molecule has 0 saturated carbocycles. The predicted octanol–water partition coefficient (Wildman–Crippen LogP) is 2.50. The topological polar surface area (TPSA) is 31.4 Å². The zero-order chi connectivity index (χ0) is 15.2. The van der Waals surface area contributed by atoms with Gasteiger partial charge in [-0.2, -0.15) is 0 Å². The van der Waals surface area contributed by atoms with Crippen LogP contribution in [0.4, 0.5) is 5.82 Å². The second-order valence-electron chi connectivity index (χ2n) is 6.35. The van der Waals surface area contributed by atoms with Crippen molar-refractivity contribution >= 4 is 5.82 Å². The first-order valence-electron chi connectivity index (χ1n) is 8.24. The molecule has 1 aliphatic rings. The van der Waals surface area contributed by atoms with E-state index in [0.29, 0.717) is 12.1 Å². The van der Waals surface area contributed by atoms with E-state index < -0.39 is 0 Å². The van der Waals surface area contributed by atoms with Crippen LogP contribution in [0.5, 0.6) is 0 Å². The number of aromatic nitrogens is 1. The number of anilines is 1. The third-order valence-corrected chi connectivity index (χ3v) is 4.39. The van der Waals surface area contributed by atoms with Crippen LogP contribution in [0, 0.1) is 0 Å². The van der Waals surface area contributed by atoms with E-state index in [4.69, 9.17) is 0 Å². The molecule has 1 unspecified atom stereocenters. The first-order chi connectivity index (χ1) is 10.1. The van der Waals surface area contributed by atoms with Gasteiger partial charge in [0.1, 0.15) is 5.82 Å². The molecule has 0 amide bonds. The van der Waals surface area contributed by atoms with Crippen LogP contribution >= 0.6 is 0 Å². The summed E-state index contributed by atoms with van der Waals surface area (Å²) in [5, 5.41) is 3.47. The van der Waals surface area contributed by atoms with Crippen molar-refractivity contribution in [2.75, 3.05) is 31.6 Å². The molecule has 21 heavy (non-hydrogen) atoms. The minimum absolute atomic E-state index is 0.476. The maximum Gasteiger partial charge on any atom is 0.128 e. The summed E-state index contributed by atoms with van der Waals surface area (Å²) < 4.78 is 0. The van der Waals surface area contributed by atoms with Gasteiger partial charge in [-0.3, -0.25) is 4.90 Å². The molecule has 1 aliphatic heterocycles. The quantitative estimate of drug-likeness (QED) is 0.836. The highest BCUT2D eigenvalue weighted by atomic mass is 15.2. The monoisotopic (exact) mass is 290 g/mol. The highest BCUT2D eigenvalue weighted by Gasteiger charge is 2.21. The number of nitrogens with one attached hydrogen (secondary N) is 1. The highest BCUT2D eigenvalue weighted by Crippen LogP contribution is 2.16. The average molecular weight is 290 g/mol. The molecule has 2 heterocycles. The lowest BCUT2D eigenvalue weighted by Gasteiger charge is -2.28. The molecular formula is C17H30N4. The van der Waals surface area contributed by atoms with Gasteiger partial charge in [0, 0.05) is 38.4 Å². The molecular weight excluding hydrogens is 260 g/mol. The molecule has 1 aromatic heterocycles. The summed E-state index contributed by atoms with van der Waals surface area (Å²) in [6.07, 6.45) is 4.51. The van der Waals surface area contributed by atoms with Gasteiger partial charge in [0.15, 0.2) is 0 Å². The zero-order valence-corrected chi connectivity index (χ0v) is 14.0. The van der Waals surface area contributed by atoms with Crippen LogP contribution < -0.4 is 10.2 Å². The van der Waals surface area contributed by atoms with Gasteiger partial charge in [-0.25, -0.2) is 4.98 Å². The molecule has 118 valence electrons. The molecule has 4 heteroatoms. The van der Waals surface area contributed by atoms with Crippen LogP contribution in [0.1, 0.15) is 39.2 Å². The molecule has 0 aromatic carbocycles. The Morgan fingerprint density at radius 2 is 2.19 bits per heavy atom. The summed E-state index contributed by atoms with van der Waals surface area (Å²) in [6.45, 7) is 11.1. The third-order valence-electron chi connectivity index (χ3n) is 4.39. The Bertz CT molecular complexity index is 409.